The number of carbonyl (C=O) groups is 1. The Kier molecular flexibility index (Phi) is 5.72. The van der Waals surface area contributed by atoms with E-state index in [2.05, 4.69) is 10.2 Å². The fraction of sp³-hybridized carbons (Fsp3) is 0.250. The van der Waals surface area contributed by atoms with E-state index in [0.717, 1.165) is 16.9 Å². The number of thioether (sulfide) groups is 1. The maximum absolute atomic E-state index is 12.0. The smallest absolute Gasteiger partial charge is 0.319 e. The van der Waals surface area contributed by atoms with E-state index in [1.807, 2.05) is 53.9 Å². The highest BCUT2D eigenvalue weighted by Crippen LogP contribution is 2.35. The number of rotatable bonds is 5. The summed E-state index contributed by atoms with van der Waals surface area (Å²) in [5.41, 5.74) is 2.71. The van der Waals surface area contributed by atoms with E-state index in [1.165, 1.54) is 11.8 Å². The molecule has 6 nitrogen and oxygen atoms in total. The summed E-state index contributed by atoms with van der Waals surface area (Å²) in [6, 6.07) is 13.4. The zero-order valence-electron chi connectivity index (χ0n) is 15.8. The van der Waals surface area contributed by atoms with Gasteiger partial charge in [0.1, 0.15) is 5.25 Å². The van der Waals surface area contributed by atoms with Crippen molar-refractivity contribution in [2.24, 2.45) is 0 Å². The van der Waals surface area contributed by atoms with Gasteiger partial charge in [0, 0.05) is 31.8 Å². The third-order valence-corrected chi connectivity index (χ3v) is 6.48. The highest BCUT2D eigenvalue weighted by Gasteiger charge is 2.30. The van der Waals surface area contributed by atoms with E-state index in [1.54, 1.807) is 12.1 Å². The lowest BCUT2D eigenvalue weighted by molar-refractivity contribution is -0.137. The molecule has 1 aliphatic heterocycles. The third kappa shape index (κ3) is 4.08. The summed E-state index contributed by atoms with van der Waals surface area (Å²) in [4.78, 5) is 14.0. The van der Waals surface area contributed by atoms with Crippen LogP contribution in [0.25, 0.3) is 17.1 Å². The minimum absolute atomic E-state index is 0.227. The van der Waals surface area contributed by atoms with Gasteiger partial charge in [0.25, 0.3) is 0 Å². The van der Waals surface area contributed by atoms with Crippen molar-refractivity contribution in [2.45, 2.75) is 16.8 Å². The Morgan fingerprint density at radius 2 is 1.97 bits per heavy atom. The van der Waals surface area contributed by atoms with Crippen LogP contribution < -0.4 is 4.90 Å². The Morgan fingerprint density at radius 3 is 2.66 bits per heavy atom. The van der Waals surface area contributed by atoms with Gasteiger partial charge in [-0.1, -0.05) is 47.1 Å². The molecule has 2 aromatic carbocycles. The molecule has 1 saturated heterocycles. The molecule has 0 radical (unpaired) electrons. The van der Waals surface area contributed by atoms with Gasteiger partial charge in [-0.3, -0.25) is 9.36 Å². The van der Waals surface area contributed by atoms with Gasteiger partial charge >= 0.3 is 5.97 Å². The molecular weight excluding hydrogens is 431 g/mol. The van der Waals surface area contributed by atoms with Gasteiger partial charge in [-0.2, -0.15) is 0 Å². The lowest BCUT2D eigenvalue weighted by atomic mass is 10.1. The first-order chi connectivity index (χ1) is 13.9. The molecule has 150 valence electrons. The van der Waals surface area contributed by atoms with Gasteiger partial charge in [-0.25, -0.2) is 0 Å². The molecule has 1 aromatic heterocycles. The number of nitrogens with zero attached hydrogens (tertiary/aromatic N) is 4. The van der Waals surface area contributed by atoms with Crippen molar-refractivity contribution in [3.05, 3.63) is 52.5 Å². The fourth-order valence-electron chi connectivity index (χ4n) is 3.02. The molecule has 3 aromatic rings. The number of esters is 1. The number of cyclic esters (lactones) is 1. The standard InChI is InChI=1S/C20H18Cl2N4O2S/c1-25(2)13-5-3-4-12(10-13)18-23-24-20(29-17-8-9-28-19(17)27)26(18)14-6-7-15(21)16(22)11-14/h3-7,10-11,17H,8-9H2,1-2H3. The van der Waals surface area contributed by atoms with E-state index in [-0.39, 0.29) is 11.2 Å². The highest BCUT2D eigenvalue weighted by atomic mass is 35.5. The van der Waals surface area contributed by atoms with Crippen LogP contribution in [-0.2, 0) is 9.53 Å². The molecule has 1 fully saturated rings. The van der Waals surface area contributed by atoms with Crippen molar-refractivity contribution in [3.8, 4) is 17.1 Å². The molecule has 9 heteroatoms. The van der Waals surface area contributed by atoms with Gasteiger partial charge < -0.3 is 9.64 Å². The van der Waals surface area contributed by atoms with E-state index >= 15 is 0 Å². The Morgan fingerprint density at radius 1 is 1.14 bits per heavy atom. The highest BCUT2D eigenvalue weighted by molar-refractivity contribution is 8.00. The molecule has 0 N–H and O–H groups in total. The maximum Gasteiger partial charge on any atom is 0.319 e. The van der Waals surface area contributed by atoms with Crippen LogP contribution in [0.3, 0.4) is 0 Å². The molecule has 4 rings (SSSR count). The second-order valence-corrected chi connectivity index (χ2v) is 8.73. The Labute approximate surface area is 182 Å². The number of benzene rings is 2. The Hall–Kier alpha value is -2.22. The summed E-state index contributed by atoms with van der Waals surface area (Å²) in [5.74, 6) is 0.427. The van der Waals surface area contributed by atoms with Crippen LogP contribution in [-0.4, -0.2) is 46.7 Å². The summed E-state index contributed by atoms with van der Waals surface area (Å²) >= 11 is 13.7. The zero-order chi connectivity index (χ0) is 20.5. The Bertz CT molecular complexity index is 1070. The first-order valence-electron chi connectivity index (χ1n) is 8.96. The van der Waals surface area contributed by atoms with Crippen molar-refractivity contribution in [3.63, 3.8) is 0 Å². The van der Waals surface area contributed by atoms with Gasteiger partial charge in [0.05, 0.1) is 22.3 Å². The molecule has 29 heavy (non-hydrogen) atoms. The fourth-order valence-corrected chi connectivity index (χ4v) is 4.34. The number of hydrogen-bond acceptors (Lipinski definition) is 6. The molecule has 0 amide bonds. The maximum atomic E-state index is 12.0. The van der Waals surface area contributed by atoms with Gasteiger partial charge in [-0.15, -0.1) is 10.2 Å². The van der Waals surface area contributed by atoms with Crippen LogP contribution in [0.2, 0.25) is 10.0 Å². The van der Waals surface area contributed by atoms with Crippen LogP contribution in [0.4, 0.5) is 5.69 Å². The van der Waals surface area contributed by atoms with Crippen molar-refractivity contribution >= 4 is 46.6 Å². The average molecular weight is 449 g/mol. The van der Waals surface area contributed by atoms with Crippen LogP contribution in [0.5, 0.6) is 0 Å². The molecule has 0 saturated carbocycles. The lowest BCUT2D eigenvalue weighted by Crippen LogP contribution is -2.11. The third-order valence-electron chi connectivity index (χ3n) is 4.55. The minimum atomic E-state index is -0.304. The summed E-state index contributed by atoms with van der Waals surface area (Å²) < 4.78 is 6.99. The molecule has 1 aliphatic rings. The van der Waals surface area contributed by atoms with Crippen LogP contribution in [0.15, 0.2) is 47.6 Å². The SMILES string of the molecule is CN(C)c1cccc(-c2nnc(SC3CCOC3=O)n2-c2ccc(Cl)c(Cl)c2)c1. The average Bonchev–Trinajstić information content (AvgIpc) is 3.31. The number of hydrogen-bond donors (Lipinski definition) is 0. The topological polar surface area (TPSA) is 60.2 Å². The van der Waals surface area contributed by atoms with E-state index in [4.69, 9.17) is 27.9 Å². The van der Waals surface area contributed by atoms with Crippen LogP contribution in [0.1, 0.15) is 6.42 Å². The number of halogens is 2. The summed E-state index contributed by atoms with van der Waals surface area (Å²) in [5, 5.41) is 9.99. The van der Waals surface area contributed by atoms with Gasteiger partial charge in [0.2, 0.25) is 0 Å². The molecule has 1 atom stereocenters. The predicted octanol–water partition coefficient (Wildman–Crippen LogP) is 4.71. The van der Waals surface area contributed by atoms with Crippen LogP contribution in [0, 0.1) is 0 Å². The van der Waals surface area contributed by atoms with Gasteiger partial charge in [0.15, 0.2) is 11.0 Å². The number of aromatic nitrogens is 3. The molecule has 1 unspecified atom stereocenters. The van der Waals surface area contributed by atoms with Crippen LogP contribution >= 0.6 is 35.0 Å². The molecule has 0 spiro atoms. The normalized spacial score (nSPS) is 16.1. The quantitative estimate of drug-likeness (QED) is 0.526. The number of ether oxygens (including phenoxy) is 1. The minimum Gasteiger partial charge on any atom is -0.465 e. The van der Waals surface area contributed by atoms with E-state index in [0.29, 0.717) is 34.1 Å². The predicted molar refractivity (Wildman–Crippen MR) is 116 cm³/mol. The number of anilines is 1. The van der Waals surface area contributed by atoms with Crippen molar-refractivity contribution in [2.75, 3.05) is 25.6 Å². The van der Waals surface area contributed by atoms with E-state index in [9.17, 15) is 4.79 Å². The largest absolute Gasteiger partial charge is 0.465 e. The number of carbonyl (C=O) groups excluding carboxylic acids is 1. The first kappa shape index (κ1) is 20.1. The first-order valence-corrected chi connectivity index (χ1v) is 10.6. The molecule has 0 aliphatic carbocycles. The van der Waals surface area contributed by atoms with E-state index < -0.39 is 0 Å². The van der Waals surface area contributed by atoms with Crippen molar-refractivity contribution in [1.29, 1.82) is 0 Å². The summed E-state index contributed by atoms with van der Waals surface area (Å²) in [6.45, 7) is 0.426. The zero-order valence-corrected chi connectivity index (χ0v) is 18.1. The lowest BCUT2D eigenvalue weighted by Gasteiger charge is -2.15. The Balaban J connectivity index is 1.84. The van der Waals surface area contributed by atoms with Crippen molar-refractivity contribution in [1.82, 2.24) is 14.8 Å². The van der Waals surface area contributed by atoms with Gasteiger partial charge in [-0.05, 0) is 30.3 Å². The van der Waals surface area contributed by atoms with Crippen molar-refractivity contribution < 1.29 is 9.53 Å². The summed E-state index contributed by atoms with van der Waals surface area (Å²) in [6.07, 6.45) is 0.642. The molecule has 0 bridgehead atoms. The molecular formula is C20H18Cl2N4O2S. The monoisotopic (exact) mass is 448 g/mol. The molecule has 2 heterocycles. The summed E-state index contributed by atoms with van der Waals surface area (Å²) in [7, 11) is 3.96. The second-order valence-electron chi connectivity index (χ2n) is 6.75. The second kappa shape index (κ2) is 8.26.